The number of hydrogen-bond acceptors (Lipinski definition) is 17. The summed E-state index contributed by atoms with van der Waals surface area (Å²) in [6.07, 6.45) is 8.24. The molecule has 4 saturated heterocycles. The van der Waals surface area contributed by atoms with Crippen molar-refractivity contribution in [3.63, 3.8) is 0 Å². The molecule has 4 fully saturated rings. The lowest BCUT2D eigenvalue weighted by molar-refractivity contribution is -0.385. The highest BCUT2D eigenvalue weighted by molar-refractivity contribution is 8.13. The molecule has 0 aliphatic carbocycles. The summed E-state index contributed by atoms with van der Waals surface area (Å²) in [6.45, 7) is 9.60. The summed E-state index contributed by atoms with van der Waals surface area (Å²) >= 11 is 0. The van der Waals surface area contributed by atoms with E-state index in [-0.39, 0.29) is 31.8 Å². The van der Waals surface area contributed by atoms with Crippen molar-refractivity contribution in [1.29, 1.82) is 0 Å². The number of nitrogen functional groups attached to an aromatic ring is 1. The minimum absolute atomic E-state index is 0.106. The Hall–Kier alpha value is -5.97. The Morgan fingerprint density at radius 1 is 0.507 bits per heavy atom. The first kappa shape index (κ1) is 59.9. The van der Waals surface area contributed by atoms with E-state index in [0.29, 0.717) is 61.2 Å². The van der Waals surface area contributed by atoms with Gasteiger partial charge in [0.2, 0.25) is 30.1 Å². The quantitative estimate of drug-likeness (QED) is 0.0367. The number of non-ortho nitro benzene ring substituents is 2. The topological polar surface area (TPSA) is 316 Å². The van der Waals surface area contributed by atoms with Crippen LogP contribution in [0.1, 0.15) is 62.5 Å². The molecule has 22 nitrogen and oxygen atoms in total. The molecule has 27 heteroatoms. The lowest BCUT2D eigenvalue weighted by atomic mass is 10.1. The van der Waals surface area contributed by atoms with Gasteiger partial charge in [-0.1, -0.05) is 0 Å². The fourth-order valence-corrected chi connectivity index (χ4v) is 13.1. The number of nitrogens with zero attached hydrogens (tertiary/aromatic N) is 7. The fraction of sp³-hybridized carbons (Fsp3) is 0.375. The molecule has 0 aromatic heterocycles. The molecule has 9 rings (SSSR count). The highest BCUT2D eigenvalue weighted by Crippen LogP contribution is 2.30. The van der Waals surface area contributed by atoms with Gasteiger partial charge in [0, 0.05) is 79.9 Å². The molecule has 5 aromatic carbocycles. The van der Waals surface area contributed by atoms with Crippen molar-refractivity contribution in [2.45, 2.75) is 84.8 Å². The maximum atomic E-state index is 12.5. The first-order chi connectivity index (χ1) is 35.4. The lowest BCUT2D eigenvalue weighted by Crippen LogP contribution is -2.27. The minimum Gasteiger partial charge on any atom is -0.507 e. The van der Waals surface area contributed by atoms with Gasteiger partial charge in [-0.2, -0.15) is 23.1 Å². The Labute approximate surface area is 442 Å². The van der Waals surface area contributed by atoms with Gasteiger partial charge in [-0.25, -0.2) is 33.7 Å². The number of nitro benzene ring substituents is 2. The zero-order valence-corrected chi connectivity index (χ0v) is 45.3. The van der Waals surface area contributed by atoms with Crippen LogP contribution < -0.4 is 11.1 Å². The van der Waals surface area contributed by atoms with Gasteiger partial charge < -0.3 is 16.2 Å². The average Bonchev–Trinajstić information content (AvgIpc) is 4.26. The van der Waals surface area contributed by atoms with Crippen molar-refractivity contribution in [2.24, 2.45) is 10.2 Å². The van der Waals surface area contributed by atoms with Gasteiger partial charge in [-0.15, -0.1) is 0 Å². The summed E-state index contributed by atoms with van der Waals surface area (Å²) in [4.78, 5) is 20.1. The first-order valence-electron chi connectivity index (χ1n) is 23.7. The van der Waals surface area contributed by atoms with Gasteiger partial charge in [0.1, 0.15) is 5.75 Å². The molecule has 0 radical (unpaired) electrons. The summed E-state index contributed by atoms with van der Waals surface area (Å²) in [7, 11) is -8.96. The number of anilines is 1. The SMILES string of the molecule is C1CCNC1.Cc1cc(N=Nc2ccc(S(=O)(=O)N3CCCC3)cc2)cc(C)c1O.Nc1ccc(S(=O)(=O)N2CCCC2)cc1.O=[N+]([O-])c1ccc(S(=O)(=O)Cl)cc1.O=[N+]([O-])c1ccc(S(=O)(=O)N2CCCC2)cc1. The summed E-state index contributed by atoms with van der Waals surface area (Å²) < 4.78 is 99.0. The summed E-state index contributed by atoms with van der Waals surface area (Å²) in [5, 5.41) is 42.0. The molecule has 0 bridgehead atoms. The predicted octanol–water partition coefficient (Wildman–Crippen LogP) is 8.53. The number of rotatable bonds is 11. The number of nitro groups is 2. The number of phenols is 1. The average molecular weight is 1130 g/mol. The smallest absolute Gasteiger partial charge is 0.269 e. The third kappa shape index (κ3) is 17.3. The molecule has 4 N–H and O–H groups in total. The van der Waals surface area contributed by atoms with E-state index in [1.807, 2.05) is 0 Å². The van der Waals surface area contributed by atoms with Crippen LogP contribution in [0.15, 0.2) is 139 Å². The number of sulfonamides is 3. The maximum Gasteiger partial charge on any atom is 0.269 e. The second kappa shape index (κ2) is 27.2. The maximum absolute atomic E-state index is 12.5. The van der Waals surface area contributed by atoms with E-state index in [1.54, 1.807) is 74.5 Å². The zero-order valence-electron chi connectivity index (χ0n) is 41.3. The Bertz CT molecular complexity index is 3170. The molecule has 406 valence electrons. The summed E-state index contributed by atoms with van der Waals surface area (Å²) in [5.41, 5.74) is 8.50. The van der Waals surface area contributed by atoms with Crippen LogP contribution in [0, 0.1) is 34.1 Å². The molecule has 0 saturated carbocycles. The van der Waals surface area contributed by atoms with Crippen molar-refractivity contribution in [1.82, 2.24) is 18.2 Å². The van der Waals surface area contributed by atoms with Crippen LogP contribution in [0.25, 0.3) is 0 Å². The van der Waals surface area contributed by atoms with Crippen LogP contribution in [0.2, 0.25) is 0 Å². The number of nitrogens with one attached hydrogen (secondary N) is 1. The Morgan fingerprint density at radius 3 is 1.12 bits per heavy atom. The standard InChI is InChI=1S/C18H21N3O3S.C10H12N2O4S.C10H14N2O2S.C6H4ClNO4S.C4H9N/c1-13-11-16(12-14(2)18(13)22)20-19-15-5-7-17(8-6-15)25(23,24)21-9-3-4-10-21;13-12(14)9-3-5-10(6-4-9)17(15,16)11-7-1-2-8-11;11-9-3-5-10(6-4-9)15(13,14)12-7-1-2-8-12;7-13(11,12)6-3-1-5(2-4-6)8(9)10;1-2-4-5-3-1/h5-8,11-12,22H,3-4,9-10H2,1-2H3;3-6H,1-2,7-8H2;3-6H,1-2,7-8,11H2;1-4H;5H,1-4H2. The first-order valence-corrected chi connectivity index (χ1v) is 30.4. The molecular weight excluding hydrogens is 1070 g/mol. The van der Waals surface area contributed by atoms with Crippen LogP contribution in [0.4, 0.5) is 28.4 Å². The van der Waals surface area contributed by atoms with E-state index in [2.05, 4.69) is 15.5 Å². The summed E-state index contributed by atoms with van der Waals surface area (Å²) in [6, 6.07) is 25.6. The predicted molar refractivity (Wildman–Crippen MR) is 284 cm³/mol. The van der Waals surface area contributed by atoms with Crippen molar-refractivity contribution >= 4 is 78.2 Å². The van der Waals surface area contributed by atoms with Gasteiger partial charge in [-0.05, 0) is 174 Å². The monoisotopic (exact) mass is 1130 g/mol. The molecule has 0 atom stereocenters. The van der Waals surface area contributed by atoms with Crippen LogP contribution in [-0.2, 0) is 39.1 Å². The summed E-state index contributed by atoms with van der Waals surface area (Å²) in [5.74, 6) is 0.260. The van der Waals surface area contributed by atoms with Crippen molar-refractivity contribution in [3.8, 4) is 5.75 Å². The second-order valence-corrected chi connectivity index (χ2v) is 25.8. The molecule has 0 amide bonds. The second-order valence-electron chi connectivity index (χ2n) is 17.4. The van der Waals surface area contributed by atoms with E-state index in [0.717, 1.165) is 73.9 Å². The van der Waals surface area contributed by atoms with Crippen molar-refractivity contribution in [2.75, 3.05) is 58.1 Å². The third-order valence-corrected chi connectivity index (χ3v) is 19.0. The number of hydrogen-bond donors (Lipinski definition) is 3. The van der Waals surface area contributed by atoms with Gasteiger partial charge in [0.25, 0.3) is 20.4 Å². The zero-order chi connectivity index (χ0) is 55.0. The molecule has 4 heterocycles. The van der Waals surface area contributed by atoms with E-state index in [4.69, 9.17) is 16.4 Å². The molecule has 0 spiro atoms. The number of azo groups is 1. The fourth-order valence-electron chi connectivity index (χ4n) is 7.76. The lowest BCUT2D eigenvalue weighted by Gasteiger charge is -2.15. The number of phenolic OH excluding ortho intramolecular Hbond substituents is 1. The van der Waals surface area contributed by atoms with Gasteiger partial charge >= 0.3 is 0 Å². The highest BCUT2D eigenvalue weighted by atomic mass is 35.7. The van der Waals surface area contributed by atoms with E-state index in [9.17, 15) is 59.0 Å². The number of aryl methyl sites for hydroxylation is 2. The molecule has 75 heavy (non-hydrogen) atoms. The van der Waals surface area contributed by atoms with Crippen LogP contribution in [-0.4, -0.2) is 114 Å². The molecule has 5 aromatic rings. The molecular formula is C48H60ClN9O13S4. The Kier molecular flexibility index (Phi) is 21.7. The number of halogens is 1. The number of nitrogens with two attached hydrogens (primary N) is 1. The Morgan fingerprint density at radius 2 is 0.813 bits per heavy atom. The van der Waals surface area contributed by atoms with E-state index in [1.165, 1.54) is 63.1 Å². The highest BCUT2D eigenvalue weighted by Gasteiger charge is 2.29. The normalized spacial score (nSPS) is 16.4. The molecule has 0 unspecified atom stereocenters. The van der Waals surface area contributed by atoms with Crippen molar-refractivity contribution in [3.05, 3.63) is 141 Å². The largest absolute Gasteiger partial charge is 0.507 e. The third-order valence-electron chi connectivity index (χ3n) is 11.9. The van der Waals surface area contributed by atoms with Gasteiger partial charge in [0.05, 0.1) is 40.8 Å². The number of benzene rings is 5. The van der Waals surface area contributed by atoms with E-state index >= 15 is 0 Å². The van der Waals surface area contributed by atoms with Gasteiger partial charge in [0.15, 0.2) is 0 Å². The van der Waals surface area contributed by atoms with E-state index < -0.39 is 49.0 Å². The van der Waals surface area contributed by atoms with Crippen LogP contribution in [0.3, 0.4) is 0 Å². The van der Waals surface area contributed by atoms with Crippen LogP contribution >= 0.6 is 10.7 Å². The minimum atomic E-state index is -3.80. The van der Waals surface area contributed by atoms with Gasteiger partial charge in [-0.3, -0.25) is 20.2 Å². The number of aromatic hydroxyl groups is 1. The van der Waals surface area contributed by atoms with Crippen molar-refractivity contribution < 1.29 is 48.6 Å². The Balaban J connectivity index is 0.000000184. The van der Waals surface area contributed by atoms with Crippen LogP contribution in [0.5, 0.6) is 5.75 Å². The molecule has 4 aliphatic heterocycles. The molecule has 4 aliphatic rings.